The van der Waals surface area contributed by atoms with Crippen LogP contribution < -0.4 is 9.47 Å². The minimum atomic E-state index is -4.45. The molecule has 1 N–H and O–H groups in total. The summed E-state index contributed by atoms with van der Waals surface area (Å²) in [6.07, 6.45) is -2.54. The minimum Gasteiger partial charge on any atom is -0.493 e. The fraction of sp³-hybridized carbons (Fsp3) is 0.333. The zero-order valence-corrected chi connectivity index (χ0v) is 16.3. The van der Waals surface area contributed by atoms with Crippen LogP contribution in [0, 0.1) is 0 Å². The predicted molar refractivity (Wildman–Crippen MR) is 101 cm³/mol. The maximum atomic E-state index is 13.1. The highest BCUT2D eigenvalue weighted by Crippen LogP contribution is 2.47. The van der Waals surface area contributed by atoms with Gasteiger partial charge in [-0.2, -0.15) is 13.2 Å². The highest BCUT2D eigenvalue weighted by molar-refractivity contribution is 5.63. The topological polar surface area (TPSA) is 60.0 Å². The molecule has 1 aliphatic carbocycles. The lowest BCUT2D eigenvalue weighted by atomic mass is 9.81. The molecule has 0 radical (unpaired) electrons. The normalized spacial score (nSPS) is 16.1. The molecule has 10 heteroatoms. The van der Waals surface area contributed by atoms with Gasteiger partial charge in [-0.15, -0.1) is 0 Å². The van der Waals surface area contributed by atoms with Crippen molar-refractivity contribution in [2.75, 3.05) is 7.11 Å². The molecule has 0 bridgehead atoms. The molecule has 0 aliphatic heterocycles. The molecule has 0 spiro atoms. The molecular formula is C21H18F5N3O2. The van der Waals surface area contributed by atoms with Crippen LogP contribution in [0.5, 0.6) is 11.5 Å². The number of hydrogen-bond donors (Lipinski definition) is 1. The van der Waals surface area contributed by atoms with Crippen LogP contribution in [0.4, 0.5) is 22.0 Å². The van der Waals surface area contributed by atoms with E-state index in [2.05, 4.69) is 15.0 Å². The average Bonchev–Trinajstić information content (AvgIpc) is 3.20. The maximum Gasteiger partial charge on any atom is 0.417 e. The summed E-state index contributed by atoms with van der Waals surface area (Å²) in [4.78, 5) is 11.1. The van der Waals surface area contributed by atoms with Crippen LogP contribution in [0.25, 0.3) is 11.3 Å². The Labute approximate surface area is 174 Å². The van der Waals surface area contributed by atoms with Gasteiger partial charge in [0, 0.05) is 30.5 Å². The van der Waals surface area contributed by atoms with E-state index in [1.165, 1.54) is 13.2 Å². The number of benzene rings is 1. The number of aromatic nitrogens is 3. The van der Waals surface area contributed by atoms with E-state index >= 15 is 0 Å². The Bertz CT molecular complexity index is 1060. The standard InChI is InChI=1S/C21H18F5N3O2/c1-30-18-6-12(16-10-28-19(29-16)13-7-20(22,23)8-13)2-5-17(18)31-11-15-4-3-14(9-27-15)21(24,25)26/h2-6,9-10,13H,7-8,11H2,1H3,(H,28,29). The molecule has 1 aliphatic rings. The van der Waals surface area contributed by atoms with Crippen molar-refractivity contribution in [3.8, 4) is 22.8 Å². The lowest BCUT2D eigenvalue weighted by Crippen LogP contribution is -2.34. The minimum absolute atomic E-state index is 0.0437. The van der Waals surface area contributed by atoms with Crippen molar-refractivity contribution in [1.82, 2.24) is 15.0 Å². The Hall–Kier alpha value is -3.17. The third-order valence-electron chi connectivity index (χ3n) is 5.07. The van der Waals surface area contributed by atoms with E-state index in [0.29, 0.717) is 28.7 Å². The second kappa shape index (κ2) is 7.82. The van der Waals surface area contributed by atoms with Gasteiger partial charge in [-0.25, -0.2) is 13.8 Å². The molecule has 0 unspecified atom stereocenters. The zero-order chi connectivity index (χ0) is 22.2. The Balaban J connectivity index is 1.44. The number of rotatable bonds is 6. The van der Waals surface area contributed by atoms with E-state index in [-0.39, 0.29) is 25.4 Å². The predicted octanol–water partition coefficient (Wildman–Crippen LogP) is 5.59. The van der Waals surface area contributed by atoms with Gasteiger partial charge < -0.3 is 14.5 Å². The SMILES string of the molecule is COc1cc(-c2cnc(C3CC(F)(F)C3)[nH]2)ccc1OCc1ccc(C(F)(F)F)cn1. The van der Waals surface area contributed by atoms with Crippen LogP contribution in [0.2, 0.25) is 0 Å². The van der Waals surface area contributed by atoms with Gasteiger partial charge in [0.1, 0.15) is 12.4 Å². The van der Waals surface area contributed by atoms with E-state index in [9.17, 15) is 22.0 Å². The van der Waals surface area contributed by atoms with Gasteiger partial charge >= 0.3 is 6.18 Å². The maximum absolute atomic E-state index is 13.1. The first-order chi connectivity index (χ1) is 14.6. The van der Waals surface area contributed by atoms with Crippen molar-refractivity contribution in [3.63, 3.8) is 0 Å². The molecule has 2 aromatic heterocycles. The van der Waals surface area contributed by atoms with Crippen molar-refractivity contribution in [1.29, 1.82) is 0 Å². The Morgan fingerprint density at radius 1 is 1.06 bits per heavy atom. The quantitative estimate of drug-likeness (QED) is 0.509. The van der Waals surface area contributed by atoms with Crippen LogP contribution in [0.3, 0.4) is 0 Å². The highest BCUT2D eigenvalue weighted by atomic mass is 19.4. The number of imidazole rings is 1. The van der Waals surface area contributed by atoms with E-state index in [4.69, 9.17) is 9.47 Å². The fourth-order valence-electron chi connectivity index (χ4n) is 3.33. The lowest BCUT2D eigenvalue weighted by Gasteiger charge is -2.33. The lowest BCUT2D eigenvalue weighted by molar-refractivity contribution is -0.137. The molecule has 3 aromatic rings. The second-order valence-electron chi connectivity index (χ2n) is 7.33. The molecule has 1 aromatic carbocycles. The third-order valence-corrected chi connectivity index (χ3v) is 5.07. The summed E-state index contributed by atoms with van der Waals surface area (Å²) in [5.41, 5.74) is 0.874. The molecule has 2 heterocycles. The Morgan fingerprint density at radius 2 is 1.84 bits per heavy atom. The van der Waals surface area contributed by atoms with Gasteiger partial charge in [0.05, 0.1) is 30.3 Å². The number of ether oxygens (including phenoxy) is 2. The van der Waals surface area contributed by atoms with Crippen LogP contribution in [0.1, 0.15) is 35.8 Å². The molecule has 31 heavy (non-hydrogen) atoms. The molecule has 4 rings (SSSR count). The van der Waals surface area contributed by atoms with E-state index in [1.54, 1.807) is 24.4 Å². The van der Waals surface area contributed by atoms with Crippen molar-refractivity contribution in [2.45, 2.75) is 37.5 Å². The van der Waals surface area contributed by atoms with Crippen molar-refractivity contribution < 1.29 is 31.4 Å². The van der Waals surface area contributed by atoms with Gasteiger partial charge in [-0.05, 0) is 30.3 Å². The summed E-state index contributed by atoms with van der Waals surface area (Å²) in [6, 6.07) is 7.28. The van der Waals surface area contributed by atoms with E-state index in [0.717, 1.165) is 17.8 Å². The van der Waals surface area contributed by atoms with Crippen LogP contribution in [-0.4, -0.2) is 28.0 Å². The molecule has 0 atom stereocenters. The van der Waals surface area contributed by atoms with Gasteiger partial charge in [0.2, 0.25) is 5.92 Å². The number of hydrogen-bond acceptors (Lipinski definition) is 4. The number of nitrogens with zero attached hydrogens (tertiary/aromatic N) is 2. The number of halogens is 5. The van der Waals surface area contributed by atoms with Gasteiger partial charge in [-0.3, -0.25) is 4.98 Å². The van der Waals surface area contributed by atoms with Gasteiger partial charge in [0.25, 0.3) is 0 Å². The first kappa shape index (κ1) is 21.1. The van der Waals surface area contributed by atoms with Crippen LogP contribution in [-0.2, 0) is 12.8 Å². The number of H-pyrrole nitrogens is 1. The molecule has 0 saturated heterocycles. The van der Waals surface area contributed by atoms with Crippen LogP contribution >= 0.6 is 0 Å². The van der Waals surface area contributed by atoms with Crippen LogP contribution in [0.15, 0.2) is 42.7 Å². The second-order valence-corrected chi connectivity index (χ2v) is 7.33. The van der Waals surface area contributed by atoms with Crippen molar-refractivity contribution in [3.05, 3.63) is 59.8 Å². The van der Waals surface area contributed by atoms with Crippen molar-refractivity contribution in [2.24, 2.45) is 0 Å². The summed E-state index contributed by atoms with van der Waals surface area (Å²) < 4.78 is 75.0. The monoisotopic (exact) mass is 439 g/mol. The summed E-state index contributed by atoms with van der Waals surface area (Å²) in [6.45, 7) is -0.0437. The van der Waals surface area contributed by atoms with Gasteiger partial charge in [-0.1, -0.05) is 0 Å². The average molecular weight is 439 g/mol. The number of pyridine rings is 1. The zero-order valence-electron chi connectivity index (χ0n) is 16.3. The van der Waals surface area contributed by atoms with Gasteiger partial charge in [0.15, 0.2) is 11.5 Å². The number of nitrogens with one attached hydrogen (secondary N) is 1. The summed E-state index contributed by atoms with van der Waals surface area (Å²) >= 11 is 0. The highest BCUT2D eigenvalue weighted by Gasteiger charge is 2.47. The van der Waals surface area contributed by atoms with E-state index < -0.39 is 17.7 Å². The molecular weight excluding hydrogens is 421 g/mol. The molecule has 1 fully saturated rings. The van der Waals surface area contributed by atoms with Crippen molar-refractivity contribution >= 4 is 0 Å². The summed E-state index contributed by atoms with van der Waals surface area (Å²) in [5, 5.41) is 0. The molecule has 0 amide bonds. The number of methoxy groups -OCH3 is 1. The Morgan fingerprint density at radius 3 is 2.45 bits per heavy atom. The first-order valence-corrected chi connectivity index (χ1v) is 9.41. The molecule has 5 nitrogen and oxygen atoms in total. The fourth-order valence-corrected chi connectivity index (χ4v) is 3.33. The third kappa shape index (κ3) is 4.62. The molecule has 164 valence electrons. The summed E-state index contributed by atoms with van der Waals surface area (Å²) in [7, 11) is 1.46. The number of aromatic amines is 1. The first-order valence-electron chi connectivity index (χ1n) is 9.41. The van der Waals surface area contributed by atoms with E-state index in [1.807, 2.05) is 0 Å². The summed E-state index contributed by atoms with van der Waals surface area (Å²) in [5.74, 6) is -1.61. The molecule has 1 saturated carbocycles. The largest absolute Gasteiger partial charge is 0.493 e. The number of alkyl halides is 5. The Kier molecular flexibility index (Phi) is 5.32. The smallest absolute Gasteiger partial charge is 0.417 e.